The van der Waals surface area contributed by atoms with Crippen molar-refractivity contribution in [3.8, 4) is 0 Å². The minimum Gasteiger partial charge on any atom is -0.287 e. The Hall–Kier alpha value is -3.71. The number of aromatic nitrogens is 2. The molecule has 2 amide bonds. The second-order valence-corrected chi connectivity index (χ2v) is 8.82. The summed E-state index contributed by atoms with van der Waals surface area (Å²) in [7, 11) is 0. The number of para-hydroxylation sites is 1. The number of thioether (sulfide) groups is 1. The Morgan fingerprint density at radius 2 is 1.36 bits per heavy atom. The van der Waals surface area contributed by atoms with Crippen LogP contribution in [0.5, 0.6) is 0 Å². The summed E-state index contributed by atoms with van der Waals surface area (Å²) in [5.74, 6) is -0.102. The maximum atomic E-state index is 13.2. The number of aryl methyl sites for hydroxylation is 1. The van der Waals surface area contributed by atoms with Crippen molar-refractivity contribution in [3.63, 3.8) is 0 Å². The molecule has 0 radical (unpaired) electrons. The molecule has 5 rings (SSSR count). The second-order valence-electron chi connectivity index (χ2n) is 7.76. The van der Waals surface area contributed by atoms with Gasteiger partial charge in [-0.3, -0.25) is 23.9 Å². The van der Waals surface area contributed by atoms with E-state index in [1.54, 1.807) is 34.9 Å². The second kappa shape index (κ2) is 9.03. The van der Waals surface area contributed by atoms with Crippen LogP contribution in [0.3, 0.4) is 0 Å². The van der Waals surface area contributed by atoms with Gasteiger partial charge in [-0.15, -0.1) is 0 Å². The smallest absolute Gasteiger partial charge is 0.262 e. The summed E-state index contributed by atoms with van der Waals surface area (Å²) in [6.45, 7) is 0.744. The number of imide groups is 1. The first-order valence-corrected chi connectivity index (χ1v) is 11.7. The Balaban J connectivity index is 1.37. The third-order valence-electron chi connectivity index (χ3n) is 5.72. The number of carbonyl (C=O) groups is 2. The van der Waals surface area contributed by atoms with Gasteiger partial charge < -0.3 is 0 Å². The van der Waals surface area contributed by atoms with Crippen molar-refractivity contribution < 1.29 is 9.59 Å². The van der Waals surface area contributed by atoms with E-state index in [-0.39, 0.29) is 23.9 Å². The standard InChI is InChI=1S/C26H21N3O3S/c30-23-19-10-4-5-11-20(19)24(31)28(23)16-17-33-26-27-22-13-7-6-12-21(22)25(32)29(26)15-14-18-8-2-1-3-9-18/h1-13H,14-17H2. The van der Waals surface area contributed by atoms with E-state index in [0.29, 0.717) is 45.9 Å². The lowest BCUT2D eigenvalue weighted by Crippen LogP contribution is -2.32. The number of amides is 2. The van der Waals surface area contributed by atoms with Crippen LogP contribution in [0, 0.1) is 0 Å². The average molecular weight is 456 g/mol. The van der Waals surface area contributed by atoms with Gasteiger partial charge in [-0.25, -0.2) is 4.98 Å². The minimum atomic E-state index is -0.274. The number of fused-ring (bicyclic) bond motifs is 2. The predicted octanol–water partition coefficient (Wildman–Crippen LogP) is 4.03. The SMILES string of the molecule is O=C1c2ccccc2C(=O)N1CCSc1nc2ccccc2c(=O)n1CCc1ccccc1. The number of nitrogens with zero attached hydrogens (tertiary/aromatic N) is 3. The quantitative estimate of drug-likeness (QED) is 0.239. The molecule has 0 N–H and O–H groups in total. The molecule has 0 unspecified atom stereocenters. The molecule has 0 aliphatic carbocycles. The molecule has 0 fully saturated rings. The molecule has 33 heavy (non-hydrogen) atoms. The molecule has 3 aromatic carbocycles. The van der Waals surface area contributed by atoms with Gasteiger partial charge in [-0.1, -0.05) is 66.4 Å². The number of carbonyl (C=O) groups excluding carboxylic acids is 2. The van der Waals surface area contributed by atoms with Crippen LogP contribution < -0.4 is 5.56 Å². The summed E-state index contributed by atoms with van der Waals surface area (Å²) in [6, 6.07) is 24.2. The van der Waals surface area contributed by atoms with Gasteiger partial charge >= 0.3 is 0 Å². The van der Waals surface area contributed by atoms with E-state index in [1.165, 1.54) is 16.7 Å². The van der Waals surface area contributed by atoms with Crippen molar-refractivity contribution in [2.45, 2.75) is 18.1 Å². The highest BCUT2D eigenvalue weighted by Gasteiger charge is 2.34. The van der Waals surface area contributed by atoms with E-state index < -0.39 is 0 Å². The zero-order valence-corrected chi connectivity index (χ0v) is 18.6. The summed E-state index contributed by atoms with van der Waals surface area (Å²) in [4.78, 5) is 44.5. The van der Waals surface area contributed by atoms with Crippen LogP contribution in [0.4, 0.5) is 0 Å². The maximum Gasteiger partial charge on any atom is 0.262 e. The summed E-state index contributed by atoms with van der Waals surface area (Å²) < 4.78 is 1.70. The molecule has 4 aromatic rings. The van der Waals surface area contributed by atoms with Gasteiger partial charge in [0.25, 0.3) is 17.4 Å². The zero-order chi connectivity index (χ0) is 22.8. The molecule has 0 bridgehead atoms. The molecule has 1 aliphatic rings. The van der Waals surface area contributed by atoms with E-state index in [1.807, 2.05) is 48.5 Å². The van der Waals surface area contributed by atoms with Gasteiger partial charge in [0.05, 0.1) is 22.0 Å². The number of rotatable bonds is 7. The normalized spacial score (nSPS) is 13.0. The third-order valence-corrected chi connectivity index (χ3v) is 6.67. The van der Waals surface area contributed by atoms with Crippen molar-refractivity contribution >= 4 is 34.5 Å². The van der Waals surface area contributed by atoms with E-state index in [4.69, 9.17) is 4.98 Å². The highest BCUT2D eigenvalue weighted by molar-refractivity contribution is 7.99. The zero-order valence-electron chi connectivity index (χ0n) is 17.8. The summed E-state index contributed by atoms with van der Waals surface area (Å²) >= 11 is 1.39. The maximum absolute atomic E-state index is 13.2. The first-order valence-electron chi connectivity index (χ1n) is 10.7. The first kappa shape index (κ1) is 21.2. The summed E-state index contributed by atoms with van der Waals surface area (Å²) in [5.41, 5.74) is 2.58. The number of hydrogen-bond acceptors (Lipinski definition) is 5. The molecule has 1 aromatic heterocycles. The molecular formula is C26H21N3O3S. The molecule has 6 nitrogen and oxygen atoms in total. The Morgan fingerprint density at radius 3 is 2.09 bits per heavy atom. The largest absolute Gasteiger partial charge is 0.287 e. The van der Waals surface area contributed by atoms with Crippen LogP contribution in [0.2, 0.25) is 0 Å². The highest BCUT2D eigenvalue weighted by atomic mass is 32.2. The number of benzene rings is 3. The van der Waals surface area contributed by atoms with Crippen molar-refractivity contribution in [2.24, 2.45) is 0 Å². The van der Waals surface area contributed by atoms with Gasteiger partial charge in [0.15, 0.2) is 5.16 Å². The van der Waals surface area contributed by atoms with Crippen molar-refractivity contribution in [1.29, 1.82) is 0 Å². The fourth-order valence-electron chi connectivity index (χ4n) is 4.01. The van der Waals surface area contributed by atoms with Crippen LogP contribution in [-0.2, 0) is 13.0 Å². The van der Waals surface area contributed by atoms with E-state index in [9.17, 15) is 14.4 Å². The van der Waals surface area contributed by atoms with E-state index in [2.05, 4.69) is 0 Å². The Bertz CT molecular complexity index is 1380. The molecule has 7 heteroatoms. The lowest BCUT2D eigenvalue weighted by atomic mass is 10.1. The van der Waals surface area contributed by atoms with Crippen molar-refractivity contribution in [3.05, 3.63) is 106 Å². The summed E-state index contributed by atoms with van der Waals surface area (Å²) in [5, 5.41) is 1.17. The van der Waals surface area contributed by atoms with Gasteiger partial charge in [0.2, 0.25) is 0 Å². The third kappa shape index (κ3) is 4.07. The molecule has 0 spiro atoms. The van der Waals surface area contributed by atoms with Crippen LogP contribution in [0.25, 0.3) is 10.9 Å². The molecule has 0 atom stereocenters. The van der Waals surface area contributed by atoms with Crippen molar-refractivity contribution in [1.82, 2.24) is 14.5 Å². The van der Waals surface area contributed by atoms with Crippen LogP contribution >= 0.6 is 11.8 Å². The molecule has 1 aliphatic heterocycles. The number of hydrogen-bond donors (Lipinski definition) is 0. The molecule has 0 saturated heterocycles. The van der Waals surface area contributed by atoms with E-state index in [0.717, 1.165) is 5.56 Å². The fourth-order valence-corrected chi connectivity index (χ4v) is 4.96. The Kier molecular flexibility index (Phi) is 5.79. The van der Waals surface area contributed by atoms with Gasteiger partial charge in [-0.05, 0) is 36.2 Å². The molecule has 164 valence electrons. The topological polar surface area (TPSA) is 72.3 Å². The van der Waals surface area contributed by atoms with Crippen LogP contribution in [0.1, 0.15) is 26.3 Å². The monoisotopic (exact) mass is 455 g/mol. The Labute approximate surface area is 194 Å². The minimum absolute atomic E-state index is 0.0836. The highest BCUT2D eigenvalue weighted by Crippen LogP contribution is 2.24. The Morgan fingerprint density at radius 1 is 0.727 bits per heavy atom. The van der Waals surface area contributed by atoms with Gasteiger partial charge in [-0.2, -0.15) is 0 Å². The summed E-state index contributed by atoms with van der Waals surface area (Å²) in [6.07, 6.45) is 0.701. The van der Waals surface area contributed by atoms with Gasteiger partial charge in [0.1, 0.15) is 0 Å². The lowest BCUT2D eigenvalue weighted by molar-refractivity contribution is 0.0664. The van der Waals surface area contributed by atoms with Crippen molar-refractivity contribution in [2.75, 3.05) is 12.3 Å². The molecule has 0 saturated carbocycles. The van der Waals surface area contributed by atoms with Crippen LogP contribution in [0.15, 0.2) is 88.8 Å². The van der Waals surface area contributed by atoms with Gasteiger partial charge in [0, 0.05) is 18.8 Å². The predicted molar refractivity (Wildman–Crippen MR) is 129 cm³/mol. The van der Waals surface area contributed by atoms with Crippen LogP contribution in [-0.4, -0.2) is 38.6 Å². The molecular weight excluding hydrogens is 434 g/mol. The van der Waals surface area contributed by atoms with E-state index >= 15 is 0 Å². The molecule has 2 heterocycles. The average Bonchev–Trinajstić information content (AvgIpc) is 3.09. The lowest BCUT2D eigenvalue weighted by Gasteiger charge is -2.16. The fraction of sp³-hybridized carbons (Fsp3) is 0.154. The first-order chi connectivity index (χ1) is 16.1.